The molecule has 0 saturated heterocycles. The number of unbranched alkanes of at least 4 members (excludes halogenated alkanes) is 7. The van der Waals surface area contributed by atoms with Gasteiger partial charge in [0.2, 0.25) is 0 Å². The van der Waals surface area contributed by atoms with Crippen molar-refractivity contribution in [3.05, 3.63) is 0 Å². The predicted molar refractivity (Wildman–Crippen MR) is 117 cm³/mol. The maximum Gasteiger partial charge on any atom is 0.316 e. The summed E-state index contributed by atoms with van der Waals surface area (Å²) in [6.07, 6.45) is 16.8. The van der Waals surface area contributed by atoms with E-state index in [1.165, 1.54) is 32.1 Å². The monoisotopic (exact) mass is 376 g/mol. The molecule has 1 unspecified atom stereocenters. The van der Waals surface area contributed by atoms with Gasteiger partial charge in [0.25, 0.3) is 0 Å². The van der Waals surface area contributed by atoms with Crippen LogP contribution in [0, 0.1) is 5.41 Å². The molecule has 0 aromatic heterocycles. The molecule has 2 nitrogen and oxygen atoms in total. The van der Waals surface area contributed by atoms with E-state index in [9.17, 15) is 9.59 Å². The first-order valence-corrected chi connectivity index (χ1v) is 10.1. The number of aldehydes is 1. The van der Waals surface area contributed by atoms with Crippen LogP contribution in [-0.2, 0) is 9.59 Å². The maximum atomic E-state index is 12.9. The van der Waals surface area contributed by atoms with Gasteiger partial charge in [0.15, 0.2) is 0 Å². The van der Waals surface area contributed by atoms with Gasteiger partial charge in [-0.1, -0.05) is 78.6 Å². The van der Waals surface area contributed by atoms with Gasteiger partial charge in [-0.05, 0) is 25.7 Å². The topological polar surface area (TPSA) is 34.1 Å². The Morgan fingerprint density at radius 2 is 1.24 bits per heavy atom. The van der Waals surface area contributed by atoms with Crippen molar-refractivity contribution < 1.29 is 9.59 Å². The minimum atomic E-state index is -0.211. The molecule has 0 rings (SSSR count). The van der Waals surface area contributed by atoms with Gasteiger partial charge in [-0.2, -0.15) is 0 Å². The molecule has 0 N–H and O–H groups in total. The van der Waals surface area contributed by atoms with Crippen molar-refractivity contribution in [2.75, 3.05) is 0 Å². The first kappa shape index (κ1) is 30.6. The van der Waals surface area contributed by atoms with Gasteiger partial charge >= 0.3 is 46.1 Å². The molecule has 25 heavy (non-hydrogen) atoms. The molecule has 0 amide bonds. The number of hydrogen-bond donors (Lipinski definition) is 0. The first-order valence-electron chi connectivity index (χ1n) is 10.1. The Hall–Kier alpha value is 0.872. The molecule has 0 fully saturated rings. The second-order valence-electron chi connectivity index (χ2n) is 7.13. The van der Waals surface area contributed by atoms with E-state index < -0.39 is 0 Å². The van der Waals surface area contributed by atoms with Crippen molar-refractivity contribution in [1.82, 2.24) is 0 Å². The number of rotatable bonds is 17. The van der Waals surface area contributed by atoms with Crippen molar-refractivity contribution in [3.63, 3.8) is 0 Å². The third-order valence-electron chi connectivity index (χ3n) is 5.11. The number of Topliss-reactive ketones (excluding diaryl/α,β-unsaturated/α-hetero) is 1. The first-order chi connectivity index (χ1) is 11.2. The van der Waals surface area contributed by atoms with Crippen LogP contribution >= 0.6 is 0 Å². The highest BCUT2D eigenvalue weighted by Gasteiger charge is 2.35. The fourth-order valence-corrected chi connectivity index (χ4v) is 3.49. The second kappa shape index (κ2) is 21.2. The molecule has 0 aliphatic rings. The quantitative estimate of drug-likeness (QED) is 0.207. The highest BCUT2D eigenvalue weighted by atomic mass is 24.3. The van der Waals surface area contributed by atoms with Gasteiger partial charge in [0, 0.05) is 18.3 Å². The van der Waals surface area contributed by atoms with Crippen molar-refractivity contribution in [2.24, 2.45) is 5.41 Å². The minimum absolute atomic E-state index is 0. The van der Waals surface area contributed by atoms with E-state index in [-0.39, 0.29) is 51.5 Å². The Kier molecular flexibility index (Phi) is 25.9. The molecule has 0 aliphatic heterocycles. The van der Waals surface area contributed by atoms with Crippen LogP contribution in [0.2, 0.25) is 0 Å². The van der Waals surface area contributed by atoms with E-state index in [1.807, 2.05) is 0 Å². The van der Waals surface area contributed by atoms with Crippen LogP contribution in [0.15, 0.2) is 0 Å². The van der Waals surface area contributed by atoms with Crippen molar-refractivity contribution in [3.8, 4) is 0 Å². The van der Waals surface area contributed by atoms with Gasteiger partial charge in [0.1, 0.15) is 12.1 Å². The average Bonchev–Trinajstić information content (AvgIpc) is 2.57. The Bertz CT molecular complexity index is 308. The molecule has 0 aromatic carbocycles. The summed E-state index contributed by atoms with van der Waals surface area (Å²) >= 11 is 0. The van der Waals surface area contributed by atoms with E-state index in [2.05, 4.69) is 20.8 Å². The molecule has 0 radical (unpaired) electrons. The molecule has 0 spiro atoms. The summed E-state index contributed by atoms with van der Waals surface area (Å²) in [6.45, 7) is 6.56. The summed E-state index contributed by atoms with van der Waals surface area (Å²) in [4.78, 5) is 23.8. The number of carbonyl (C=O) groups is 2. The zero-order valence-corrected chi connectivity index (χ0v) is 16.0. The lowest BCUT2D eigenvalue weighted by Crippen LogP contribution is -2.31. The van der Waals surface area contributed by atoms with Crippen LogP contribution in [0.25, 0.3) is 0 Å². The zero-order valence-electron chi connectivity index (χ0n) is 16.0. The number of ketones is 1. The lowest BCUT2D eigenvalue weighted by molar-refractivity contribution is -0.130. The fraction of sp³-hybridized carbons (Fsp3) is 0.905. The molecule has 0 aromatic rings. The van der Waals surface area contributed by atoms with E-state index >= 15 is 0 Å². The summed E-state index contributed by atoms with van der Waals surface area (Å²) in [6, 6.07) is 0. The lowest BCUT2D eigenvalue weighted by atomic mass is 9.70. The molecule has 0 aliphatic carbocycles. The summed E-state index contributed by atoms with van der Waals surface area (Å²) in [5.41, 5.74) is -0.211. The average molecular weight is 377 g/mol. The third kappa shape index (κ3) is 14.6. The van der Waals surface area contributed by atoms with Gasteiger partial charge in [-0.3, -0.25) is 4.79 Å². The summed E-state index contributed by atoms with van der Waals surface area (Å²) in [5, 5.41) is 0. The second-order valence-corrected chi connectivity index (χ2v) is 7.13. The molecule has 1 atom stereocenters. The van der Waals surface area contributed by atoms with Crippen molar-refractivity contribution in [1.29, 1.82) is 0 Å². The van der Waals surface area contributed by atoms with E-state index in [1.54, 1.807) is 0 Å². The normalized spacial score (nSPS) is 12.6. The van der Waals surface area contributed by atoms with Crippen molar-refractivity contribution in [2.45, 2.75) is 117 Å². The van der Waals surface area contributed by atoms with E-state index in [0.717, 1.165) is 57.7 Å². The van der Waals surface area contributed by atoms with Gasteiger partial charge < -0.3 is 4.79 Å². The number of carbonyl (C=O) groups excluding carboxylic acids is 2. The SMILES string of the molecule is CCCCCCCCC(CCC=O)(CCCC)C(=O)CCCC.[MgH2].[MgH2]. The zero-order chi connectivity index (χ0) is 17.4. The third-order valence-corrected chi connectivity index (χ3v) is 5.11. The largest absolute Gasteiger partial charge is 0.316 e. The predicted octanol–water partition coefficient (Wildman–Crippen LogP) is 4.82. The van der Waals surface area contributed by atoms with Crippen LogP contribution in [0.3, 0.4) is 0 Å². The van der Waals surface area contributed by atoms with Crippen LogP contribution < -0.4 is 0 Å². The molecule has 0 bridgehead atoms. The van der Waals surface area contributed by atoms with Gasteiger partial charge in [-0.25, -0.2) is 0 Å². The number of hydrogen-bond acceptors (Lipinski definition) is 2. The Labute approximate surface area is 189 Å². The Morgan fingerprint density at radius 3 is 1.80 bits per heavy atom. The maximum absolute atomic E-state index is 12.9. The summed E-state index contributed by atoms with van der Waals surface area (Å²) < 4.78 is 0. The van der Waals surface area contributed by atoms with E-state index in [0.29, 0.717) is 18.6 Å². The molecule has 0 heterocycles. The fourth-order valence-electron chi connectivity index (χ4n) is 3.49. The van der Waals surface area contributed by atoms with Crippen molar-refractivity contribution >= 4 is 58.2 Å². The van der Waals surface area contributed by atoms with Gasteiger partial charge in [-0.15, -0.1) is 0 Å². The van der Waals surface area contributed by atoms with Gasteiger partial charge in [0.05, 0.1) is 0 Å². The highest BCUT2D eigenvalue weighted by molar-refractivity contribution is 5.85. The van der Waals surface area contributed by atoms with Crippen LogP contribution in [0.1, 0.15) is 117 Å². The summed E-state index contributed by atoms with van der Waals surface area (Å²) in [7, 11) is 0. The molecule has 0 saturated carbocycles. The van der Waals surface area contributed by atoms with E-state index in [4.69, 9.17) is 0 Å². The smallest absolute Gasteiger partial charge is 0.303 e. The molecular weight excluding hydrogens is 333 g/mol. The molecule has 4 heteroatoms. The standard InChI is InChI=1S/C21H40O2.2Mg.4H/c1-4-7-10-11-12-13-17-21(16-9-6-3,18-14-19-22)20(23)15-8-5-2;;;;;;/h19H,4-18H2,1-3H3;;;;;;. The summed E-state index contributed by atoms with van der Waals surface area (Å²) in [5.74, 6) is 0.434. The Morgan fingerprint density at radius 1 is 0.720 bits per heavy atom. The highest BCUT2D eigenvalue weighted by Crippen LogP contribution is 2.38. The Balaban J connectivity index is -0.00000242. The lowest BCUT2D eigenvalue weighted by Gasteiger charge is -2.32. The van der Waals surface area contributed by atoms with Crippen LogP contribution in [-0.4, -0.2) is 58.2 Å². The molecule has 144 valence electrons. The molecular formula is C21H44Mg2O2. The minimum Gasteiger partial charge on any atom is -0.303 e. The van der Waals surface area contributed by atoms with Crippen LogP contribution in [0.4, 0.5) is 0 Å². The van der Waals surface area contributed by atoms with Crippen LogP contribution in [0.5, 0.6) is 0 Å².